The minimum Gasteiger partial charge on any atom is -0.468 e. The van der Waals surface area contributed by atoms with Gasteiger partial charge in [-0.25, -0.2) is 0 Å². The maximum atomic E-state index is 12.4. The summed E-state index contributed by atoms with van der Waals surface area (Å²) in [7, 11) is -0.116. The van der Waals surface area contributed by atoms with Gasteiger partial charge in [0, 0.05) is 0 Å². The molecule has 1 fully saturated rings. The molecule has 1 aliphatic rings. The zero-order valence-corrected chi connectivity index (χ0v) is 11.0. The lowest BCUT2D eigenvalue weighted by molar-refractivity contribution is -0.140. The Hall–Kier alpha value is -0.870. The van der Waals surface area contributed by atoms with Gasteiger partial charge in [-0.15, -0.1) is 0 Å². The highest BCUT2D eigenvalue weighted by molar-refractivity contribution is 7.86. The van der Waals surface area contributed by atoms with Gasteiger partial charge in [0.25, 0.3) is 0 Å². The topological polar surface area (TPSA) is 43.4 Å². The number of benzene rings is 1. The zero-order valence-electron chi connectivity index (χ0n) is 9.39. The summed E-state index contributed by atoms with van der Waals surface area (Å²) in [5.41, 5.74) is 0. The van der Waals surface area contributed by atoms with Gasteiger partial charge in [0.15, 0.2) is 0 Å². The fourth-order valence-corrected chi connectivity index (χ4v) is 3.72. The number of ether oxygens (including phenoxy) is 1. The molecule has 5 heteroatoms. The van der Waals surface area contributed by atoms with Gasteiger partial charge in [-0.2, -0.15) is 0 Å². The normalized spacial score (nSPS) is 18.5. The van der Waals surface area contributed by atoms with Gasteiger partial charge in [-0.1, -0.05) is 23.7 Å². The molecular formula is C12H13ClO3S. The van der Waals surface area contributed by atoms with E-state index in [0.29, 0.717) is 9.92 Å². The molecule has 0 amide bonds. The monoisotopic (exact) mass is 272 g/mol. The van der Waals surface area contributed by atoms with Crippen molar-refractivity contribution in [2.45, 2.75) is 23.0 Å². The third-order valence-electron chi connectivity index (χ3n) is 2.77. The van der Waals surface area contributed by atoms with Crippen LogP contribution in [-0.2, 0) is 20.3 Å². The van der Waals surface area contributed by atoms with Gasteiger partial charge in [0.2, 0.25) is 0 Å². The summed E-state index contributed by atoms with van der Waals surface area (Å²) < 4.78 is 17.1. The quantitative estimate of drug-likeness (QED) is 0.791. The second-order valence-corrected chi connectivity index (χ2v) is 5.96. The maximum absolute atomic E-state index is 12.4. The van der Waals surface area contributed by atoms with Crippen molar-refractivity contribution in [1.82, 2.24) is 0 Å². The Bertz CT molecular complexity index is 457. The molecule has 2 atom stereocenters. The molecule has 0 aromatic heterocycles. The van der Waals surface area contributed by atoms with Crippen LogP contribution in [0.15, 0.2) is 29.2 Å². The van der Waals surface area contributed by atoms with Crippen molar-refractivity contribution < 1.29 is 13.7 Å². The first-order chi connectivity index (χ1) is 8.15. The summed E-state index contributed by atoms with van der Waals surface area (Å²) in [6.45, 7) is 0. The minimum absolute atomic E-state index is 0.166. The predicted molar refractivity (Wildman–Crippen MR) is 66.4 cm³/mol. The number of hydrogen-bond acceptors (Lipinski definition) is 3. The Morgan fingerprint density at radius 2 is 2.12 bits per heavy atom. The van der Waals surface area contributed by atoms with E-state index in [2.05, 4.69) is 0 Å². The maximum Gasteiger partial charge on any atom is 0.322 e. The Balaban J connectivity index is 2.28. The average molecular weight is 273 g/mol. The summed E-state index contributed by atoms with van der Waals surface area (Å²) in [6, 6.07) is 6.90. The highest BCUT2D eigenvalue weighted by Crippen LogP contribution is 2.38. The second kappa shape index (κ2) is 5.19. The summed E-state index contributed by atoms with van der Waals surface area (Å²) in [6.07, 6.45) is 1.85. The number of halogens is 1. The Morgan fingerprint density at radius 1 is 1.47 bits per heavy atom. The third kappa shape index (κ3) is 2.69. The van der Waals surface area contributed by atoms with E-state index < -0.39 is 22.0 Å². The molecule has 0 bridgehead atoms. The highest BCUT2D eigenvalue weighted by atomic mass is 35.5. The standard InChI is InChI=1S/C12H13ClO3S/c1-16-12(14)11(8-6-7-8)17(15)10-5-3-2-4-9(10)13/h2-5,8,11H,6-7H2,1H3. The number of carbonyl (C=O) groups excluding carboxylic acids is 1. The van der Waals surface area contributed by atoms with E-state index in [0.717, 1.165) is 12.8 Å². The van der Waals surface area contributed by atoms with Crippen molar-refractivity contribution in [3.63, 3.8) is 0 Å². The molecule has 0 radical (unpaired) electrons. The van der Waals surface area contributed by atoms with Crippen LogP contribution < -0.4 is 0 Å². The van der Waals surface area contributed by atoms with Crippen LogP contribution in [0.5, 0.6) is 0 Å². The van der Waals surface area contributed by atoms with E-state index in [1.165, 1.54) is 7.11 Å². The molecular weight excluding hydrogens is 260 g/mol. The fourth-order valence-electron chi connectivity index (χ4n) is 1.71. The van der Waals surface area contributed by atoms with Gasteiger partial charge in [0.1, 0.15) is 5.25 Å². The van der Waals surface area contributed by atoms with Gasteiger partial charge >= 0.3 is 5.97 Å². The van der Waals surface area contributed by atoms with E-state index in [1.54, 1.807) is 24.3 Å². The van der Waals surface area contributed by atoms with Crippen LogP contribution in [-0.4, -0.2) is 22.5 Å². The molecule has 17 heavy (non-hydrogen) atoms. The molecule has 0 heterocycles. The van der Waals surface area contributed by atoms with Gasteiger partial charge in [-0.3, -0.25) is 9.00 Å². The Labute approximate surface area is 108 Å². The first-order valence-corrected chi connectivity index (χ1v) is 6.97. The van der Waals surface area contributed by atoms with E-state index in [9.17, 15) is 9.00 Å². The smallest absolute Gasteiger partial charge is 0.322 e. The molecule has 2 unspecified atom stereocenters. The lowest BCUT2D eigenvalue weighted by Crippen LogP contribution is -2.29. The molecule has 0 spiro atoms. The van der Waals surface area contributed by atoms with Gasteiger partial charge in [-0.05, 0) is 30.9 Å². The van der Waals surface area contributed by atoms with E-state index >= 15 is 0 Å². The molecule has 1 aliphatic carbocycles. The summed E-state index contributed by atoms with van der Waals surface area (Å²) in [4.78, 5) is 12.2. The number of hydrogen-bond donors (Lipinski definition) is 0. The lowest BCUT2D eigenvalue weighted by atomic mass is 10.3. The largest absolute Gasteiger partial charge is 0.468 e. The van der Waals surface area contributed by atoms with Crippen molar-refractivity contribution in [2.24, 2.45) is 5.92 Å². The average Bonchev–Trinajstić information content (AvgIpc) is 3.14. The number of rotatable bonds is 4. The van der Waals surface area contributed by atoms with Crippen LogP contribution in [0.1, 0.15) is 12.8 Å². The van der Waals surface area contributed by atoms with E-state index in [-0.39, 0.29) is 5.92 Å². The first kappa shape index (κ1) is 12.6. The molecule has 0 N–H and O–H groups in total. The molecule has 1 aromatic carbocycles. The molecule has 92 valence electrons. The van der Waals surface area contributed by atoms with Crippen molar-refractivity contribution in [3.8, 4) is 0 Å². The van der Waals surface area contributed by atoms with Crippen LogP contribution in [0.2, 0.25) is 5.02 Å². The van der Waals surface area contributed by atoms with E-state index in [4.69, 9.17) is 16.3 Å². The van der Waals surface area contributed by atoms with Crippen molar-refractivity contribution in [1.29, 1.82) is 0 Å². The number of carbonyl (C=O) groups is 1. The van der Waals surface area contributed by atoms with E-state index in [1.807, 2.05) is 0 Å². The van der Waals surface area contributed by atoms with Gasteiger partial charge in [0.05, 0.1) is 27.8 Å². The first-order valence-electron chi connectivity index (χ1n) is 5.38. The Kier molecular flexibility index (Phi) is 3.84. The van der Waals surface area contributed by atoms with Crippen LogP contribution in [0.25, 0.3) is 0 Å². The van der Waals surface area contributed by atoms with Gasteiger partial charge < -0.3 is 4.74 Å². The minimum atomic E-state index is -1.44. The number of methoxy groups -OCH3 is 1. The second-order valence-electron chi connectivity index (χ2n) is 4.01. The van der Waals surface area contributed by atoms with Crippen molar-refractivity contribution in [3.05, 3.63) is 29.3 Å². The summed E-state index contributed by atoms with van der Waals surface area (Å²) >= 11 is 5.99. The van der Waals surface area contributed by atoms with Crippen molar-refractivity contribution >= 4 is 28.4 Å². The van der Waals surface area contributed by atoms with Crippen LogP contribution in [0.3, 0.4) is 0 Å². The summed E-state index contributed by atoms with van der Waals surface area (Å²) in [5.74, 6) is -0.245. The van der Waals surface area contributed by atoms with Crippen LogP contribution in [0, 0.1) is 5.92 Å². The third-order valence-corrected chi connectivity index (χ3v) is 5.04. The zero-order chi connectivity index (χ0) is 12.4. The molecule has 2 rings (SSSR count). The molecule has 1 saturated carbocycles. The molecule has 1 aromatic rings. The molecule has 3 nitrogen and oxygen atoms in total. The van der Waals surface area contributed by atoms with Crippen LogP contribution in [0.4, 0.5) is 0 Å². The highest BCUT2D eigenvalue weighted by Gasteiger charge is 2.42. The fraction of sp³-hybridized carbons (Fsp3) is 0.417. The summed E-state index contributed by atoms with van der Waals surface area (Å²) in [5, 5.41) is -0.153. The lowest BCUT2D eigenvalue weighted by Gasteiger charge is -2.14. The SMILES string of the molecule is COC(=O)C(C1CC1)S(=O)c1ccccc1Cl. The molecule has 0 saturated heterocycles. The van der Waals surface area contributed by atoms with Crippen LogP contribution >= 0.6 is 11.6 Å². The molecule has 0 aliphatic heterocycles. The predicted octanol–water partition coefficient (Wildman–Crippen LogP) is 2.40. The number of esters is 1. The van der Waals surface area contributed by atoms with Crippen molar-refractivity contribution in [2.75, 3.05) is 7.11 Å². The Morgan fingerprint density at radius 3 is 2.65 bits per heavy atom.